The van der Waals surface area contributed by atoms with Gasteiger partial charge in [0.25, 0.3) is 15.9 Å². The summed E-state index contributed by atoms with van der Waals surface area (Å²) in [7, 11) is -3.80. The summed E-state index contributed by atoms with van der Waals surface area (Å²) in [4.78, 5) is 29.3. The normalized spacial score (nSPS) is 13.6. The molecule has 1 N–H and O–H groups in total. The molecule has 0 unspecified atom stereocenters. The molecule has 0 bridgehead atoms. The summed E-state index contributed by atoms with van der Waals surface area (Å²) in [6, 6.07) is 14.7. The van der Waals surface area contributed by atoms with Gasteiger partial charge in [-0.3, -0.25) is 14.0 Å². The van der Waals surface area contributed by atoms with Gasteiger partial charge in [-0.1, -0.05) is 25.1 Å². The predicted octanol–water partition coefficient (Wildman–Crippen LogP) is 4.77. The van der Waals surface area contributed by atoms with Gasteiger partial charge >= 0.3 is 5.97 Å². The van der Waals surface area contributed by atoms with Gasteiger partial charge in [-0.25, -0.2) is 13.2 Å². The van der Waals surface area contributed by atoms with Crippen LogP contribution in [0, 0.1) is 0 Å². The number of ether oxygens (including phenoxy) is 1. The first-order valence-electron chi connectivity index (χ1n) is 12.3. The molecule has 1 aromatic heterocycles. The smallest absolute Gasteiger partial charge is 0.341 e. The number of para-hydroxylation sites is 1. The highest BCUT2D eigenvalue weighted by Crippen LogP contribution is 2.38. The second-order valence-electron chi connectivity index (χ2n) is 8.53. The number of esters is 1. The summed E-state index contributed by atoms with van der Waals surface area (Å²) in [5, 5.41) is 3.34. The number of anilines is 2. The van der Waals surface area contributed by atoms with E-state index >= 15 is 0 Å². The van der Waals surface area contributed by atoms with Crippen molar-refractivity contribution >= 4 is 43.9 Å². The van der Waals surface area contributed by atoms with Gasteiger partial charge in [0, 0.05) is 30.1 Å². The number of carbonyl (C=O) groups excluding carboxylic acids is 2. The van der Waals surface area contributed by atoms with E-state index in [1.54, 1.807) is 38.1 Å². The Labute approximate surface area is 221 Å². The number of nitrogens with zero attached hydrogens (tertiary/aromatic N) is 2. The zero-order valence-corrected chi connectivity index (χ0v) is 22.8. The molecule has 4 rings (SSSR count). The molecule has 2 heterocycles. The molecule has 10 heteroatoms. The molecule has 196 valence electrons. The molecular weight excluding hydrogens is 510 g/mol. The van der Waals surface area contributed by atoms with E-state index in [0.29, 0.717) is 22.7 Å². The Hall–Kier alpha value is -3.21. The molecule has 37 heavy (non-hydrogen) atoms. The third-order valence-electron chi connectivity index (χ3n) is 6.33. The second kappa shape index (κ2) is 11.5. The molecule has 0 spiro atoms. The van der Waals surface area contributed by atoms with E-state index in [2.05, 4.69) is 17.1 Å². The van der Waals surface area contributed by atoms with Crippen molar-refractivity contribution < 1.29 is 22.7 Å². The minimum absolute atomic E-state index is 0.0909. The Morgan fingerprint density at radius 2 is 1.76 bits per heavy atom. The lowest BCUT2D eigenvalue weighted by Crippen LogP contribution is -2.30. The van der Waals surface area contributed by atoms with E-state index in [9.17, 15) is 18.0 Å². The number of amides is 1. The lowest BCUT2D eigenvalue weighted by Gasteiger charge is -2.25. The molecular formula is C27H31N3O5S2. The quantitative estimate of drug-likeness (QED) is 0.392. The van der Waals surface area contributed by atoms with Gasteiger partial charge in [0.2, 0.25) is 0 Å². The van der Waals surface area contributed by atoms with Crippen LogP contribution in [0.15, 0.2) is 59.5 Å². The van der Waals surface area contributed by atoms with Gasteiger partial charge < -0.3 is 10.1 Å². The van der Waals surface area contributed by atoms with E-state index in [1.807, 2.05) is 6.07 Å². The van der Waals surface area contributed by atoms with Crippen LogP contribution in [0.1, 0.15) is 51.9 Å². The van der Waals surface area contributed by atoms with Crippen molar-refractivity contribution in [3.63, 3.8) is 0 Å². The molecule has 1 aliphatic rings. The number of sulfonamides is 1. The fraction of sp³-hybridized carbons (Fsp3) is 0.333. The number of hydrogen-bond acceptors (Lipinski definition) is 7. The molecule has 3 aromatic rings. The number of thiophene rings is 1. The Morgan fingerprint density at radius 1 is 1.05 bits per heavy atom. The summed E-state index contributed by atoms with van der Waals surface area (Å²) in [6.45, 7) is 8.60. The molecule has 0 saturated heterocycles. The van der Waals surface area contributed by atoms with Crippen molar-refractivity contribution in [2.45, 2.75) is 38.6 Å². The summed E-state index contributed by atoms with van der Waals surface area (Å²) in [5.74, 6) is -0.863. The van der Waals surface area contributed by atoms with E-state index < -0.39 is 21.9 Å². The van der Waals surface area contributed by atoms with Crippen LogP contribution < -0.4 is 9.62 Å². The Bertz CT molecular complexity index is 1370. The van der Waals surface area contributed by atoms with Crippen LogP contribution in [0.4, 0.5) is 10.7 Å². The van der Waals surface area contributed by atoms with Gasteiger partial charge in [-0.15, -0.1) is 11.3 Å². The minimum atomic E-state index is -3.80. The van der Waals surface area contributed by atoms with Crippen molar-refractivity contribution in [2.24, 2.45) is 0 Å². The lowest BCUT2D eigenvalue weighted by molar-refractivity contribution is 0.0526. The van der Waals surface area contributed by atoms with Crippen LogP contribution in [0.25, 0.3) is 0 Å². The first kappa shape index (κ1) is 26.8. The van der Waals surface area contributed by atoms with Crippen LogP contribution >= 0.6 is 11.3 Å². The zero-order chi connectivity index (χ0) is 26.6. The molecule has 0 atom stereocenters. The number of benzene rings is 2. The summed E-state index contributed by atoms with van der Waals surface area (Å²) in [5.41, 5.74) is 2.22. The van der Waals surface area contributed by atoms with Gasteiger partial charge in [0.15, 0.2) is 0 Å². The number of likely N-dealkylation sites (N-methyl/N-ethyl adjacent to an activating group) is 1. The van der Waals surface area contributed by atoms with Crippen molar-refractivity contribution in [3.8, 4) is 0 Å². The number of nitrogens with one attached hydrogen (secondary N) is 1. The van der Waals surface area contributed by atoms with Gasteiger partial charge in [-0.05, 0) is 68.8 Å². The first-order valence-corrected chi connectivity index (χ1v) is 14.6. The fourth-order valence-electron chi connectivity index (χ4n) is 4.40. The molecule has 0 saturated carbocycles. The monoisotopic (exact) mass is 541 g/mol. The molecule has 1 amide bonds. The maximum atomic E-state index is 13.3. The van der Waals surface area contributed by atoms with Gasteiger partial charge in [-0.2, -0.15) is 0 Å². The average Bonchev–Trinajstić information content (AvgIpc) is 3.26. The highest BCUT2D eigenvalue weighted by atomic mass is 32.2. The van der Waals surface area contributed by atoms with E-state index in [0.717, 1.165) is 30.1 Å². The summed E-state index contributed by atoms with van der Waals surface area (Å²) < 4.78 is 33.1. The standard InChI is InChI=1S/C27H31N3O5S2/c1-4-29-17-16-22-23(18-29)36-26(24(22)27(32)35-6-3)28-25(31)19-12-14-21(15-13-19)37(33,34)30(5-2)20-10-8-7-9-11-20/h7-15H,4-6,16-18H2,1-3H3,(H,28,31). The zero-order valence-electron chi connectivity index (χ0n) is 21.2. The fourth-order valence-corrected chi connectivity index (χ4v) is 7.15. The average molecular weight is 542 g/mol. The highest BCUT2D eigenvalue weighted by molar-refractivity contribution is 7.92. The lowest BCUT2D eigenvalue weighted by atomic mass is 10.0. The largest absolute Gasteiger partial charge is 0.462 e. The molecule has 0 fully saturated rings. The van der Waals surface area contributed by atoms with E-state index in [4.69, 9.17) is 4.74 Å². The maximum Gasteiger partial charge on any atom is 0.341 e. The first-order chi connectivity index (χ1) is 17.8. The maximum absolute atomic E-state index is 13.3. The van der Waals surface area contributed by atoms with Crippen LogP contribution in [-0.4, -0.2) is 51.4 Å². The summed E-state index contributed by atoms with van der Waals surface area (Å²) in [6.07, 6.45) is 0.714. The number of hydrogen-bond donors (Lipinski definition) is 1. The van der Waals surface area contributed by atoms with Crippen LogP contribution in [0.3, 0.4) is 0 Å². The van der Waals surface area contributed by atoms with Gasteiger partial charge in [0.1, 0.15) is 5.00 Å². The molecule has 8 nitrogen and oxygen atoms in total. The number of rotatable bonds is 9. The van der Waals surface area contributed by atoms with Crippen molar-refractivity contribution in [2.75, 3.05) is 35.9 Å². The highest BCUT2D eigenvalue weighted by Gasteiger charge is 2.29. The SMILES string of the molecule is CCOC(=O)c1c(NC(=O)c2ccc(S(=O)(=O)N(CC)c3ccccc3)cc2)sc2c1CCN(CC)C2. The van der Waals surface area contributed by atoms with Crippen LogP contribution in [0.2, 0.25) is 0 Å². The van der Waals surface area contributed by atoms with Crippen molar-refractivity contribution in [1.82, 2.24) is 4.90 Å². The Kier molecular flexibility index (Phi) is 8.31. The predicted molar refractivity (Wildman–Crippen MR) is 146 cm³/mol. The van der Waals surface area contributed by atoms with E-state index in [-0.39, 0.29) is 23.6 Å². The van der Waals surface area contributed by atoms with Gasteiger partial charge in [0.05, 0.1) is 22.8 Å². The topological polar surface area (TPSA) is 96.0 Å². The molecule has 1 aliphatic heterocycles. The Morgan fingerprint density at radius 3 is 2.38 bits per heavy atom. The molecule has 0 radical (unpaired) electrons. The van der Waals surface area contributed by atoms with Crippen LogP contribution in [-0.2, 0) is 27.7 Å². The third kappa shape index (κ3) is 5.56. The molecule has 2 aromatic carbocycles. The van der Waals surface area contributed by atoms with Crippen molar-refractivity contribution in [3.05, 3.63) is 76.2 Å². The van der Waals surface area contributed by atoms with E-state index in [1.165, 1.54) is 39.9 Å². The minimum Gasteiger partial charge on any atom is -0.462 e. The van der Waals surface area contributed by atoms with Crippen LogP contribution in [0.5, 0.6) is 0 Å². The third-order valence-corrected chi connectivity index (χ3v) is 9.38. The van der Waals surface area contributed by atoms with Crippen molar-refractivity contribution in [1.29, 1.82) is 0 Å². The molecule has 0 aliphatic carbocycles. The number of fused-ring (bicyclic) bond motifs is 1. The Balaban J connectivity index is 1.58. The number of carbonyl (C=O) groups is 2. The second-order valence-corrected chi connectivity index (χ2v) is 11.5. The summed E-state index contributed by atoms with van der Waals surface area (Å²) >= 11 is 1.39.